The number of nitrogens with one attached hydrogen (secondary N) is 2. The number of rotatable bonds is 2. The van der Waals surface area contributed by atoms with Crippen LogP contribution in [0.4, 0.5) is 4.79 Å². The van der Waals surface area contributed by atoms with Crippen molar-refractivity contribution in [1.29, 1.82) is 0 Å². The fourth-order valence-electron chi connectivity index (χ4n) is 13.7. The summed E-state index contributed by atoms with van der Waals surface area (Å²) in [7, 11) is 0. The van der Waals surface area contributed by atoms with Crippen molar-refractivity contribution in [2.24, 2.45) is 71.0 Å². The fraction of sp³-hybridized carbons (Fsp3) is 0.957. The first-order valence-electron chi connectivity index (χ1n) is 12.5. The summed E-state index contributed by atoms with van der Waals surface area (Å²) >= 11 is 8.34. The Morgan fingerprint density at radius 2 is 1.03 bits per heavy atom. The molecule has 4 bridgehead atoms. The van der Waals surface area contributed by atoms with E-state index in [9.17, 15) is 4.79 Å². The summed E-state index contributed by atoms with van der Waals surface area (Å²) in [5.41, 5.74) is -0.0405. The molecular formula is C23H22Br2N2O5. The Balaban J connectivity index is 0.875. The molecule has 2 heterocycles. The lowest BCUT2D eigenvalue weighted by atomic mass is 9.96. The molecule has 7 nitrogen and oxygen atoms in total. The van der Waals surface area contributed by atoms with Gasteiger partial charge in [0.1, 0.15) is 0 Å². The molecule has 0 aromatic rings. The average Bonchev–Trinajstić information content (AvgIpc) is 3.65. The summed E-state index contributed by atoms with van der Waals surface area (Å²) in [6.07, 6.45) is 0. The van der Waals surface area contributed by atoms with Gasteiger partial charge in [-0.05, 0) is 47.3 Å². The zero-order chi connectivity index (χ0) is 20.6. The highest BCUT2D eigenvalue weighted by atomic mass is 79.9. The van der Waals surface area contributed by atoms with Crippen LogP contribution in [0.1, 0.15) is 0 Å². The number of amides is 2. The molecule has 2 amide bonds. The number of halogens is 2. The maximum atomic E-state index is 13.6. The highest BCUT2D eigenvalue weighted by Gasteiger charge is 3.11. The van der Waals surface area contributed by atoms with Gasteiger partial charge >= 0.3 is 6.03 Å². The third-order valence-electron chi connectivity index (χ3n) is 13.4. The number of hydrogen-bond acceptors (Lipinski definition) is 5. The van der Waals surface area contributed by atoms with E-state index >= 15 is 0 Å². The fourth-order valence-corrected chi connectivity index (χ4v) is 17.2. The van der Waals surface area contributed by atoms with Gasteiger partial charge in [0, 0.05) is 23.7 Å². The van der Waals surface area contributed by atoms with Crippen molar-refractivity contribution in [3.8, 4) is 0 Å². The maximum Gasteiger partial charge on any atom is 0.315 e. The van der Waals surface area contributed by atoms with Crippen molar-refractivity contribution in [1.82, 2.24) is 10.6 Å². The van der Waals surface area contributed by atoms with Gasteiger partial charge in [0.25, 0.3) is 0 Å². The van der Waals surface area contributed by atoms with E-state index in [-0.39, 0.29) is 25.8 Å². The van der Waals surface area contributed by atoms with Crippen LogP contribution in [0.2, 0.25) is 0 Å². The second-order valence-corrected chi connectivity index (χ2v) is 15.7. The summed E-state index contributed by atoms with van der Waals surface area (Å²) in [4.78, 5) is 13.6. The summed E-state index contributed by atoms with van der Waals surface area (Å²) in [6, 6.07) is 0.0713. The average molecular weight is 566 g/mol. The van der Waals surface area contributed by atoms with Crippen LogP contribution >= 0.6 is 31.9 Å². The van der Waals surface area contributed by atoms with E-state index in [4.69, 9.17) is 18.9 Å². The first-order valence-corrected chi connectivity index (χ1v) is 14.1. The molecule has 2 aliphatic heterocycles. The molecule has 14 rings (SSSR count). The minimum atomic E-state index is -0.417. The molecule has 12 aliphatic carbocycles. The van der Waals surface area contributed by atoms with Gasteiger partial charge < -0.3 is 29.6 Å². The molecule has 14 fully saturated rings. The Kier molecular flexibility index (Phi) is 2.02. The Bertz CT molecular complexity index is 1070. The highest BCUT2D eigenvalue weighted by molar-refractivity contribution is 9.10. The Hall–Kier alpha value is 0.0700. The molecule has 0 aromatic carbocycles. The zero-order valence-corrected chi connectivity index (χ0v) is 20.2. The second kappa shape index (κ2) is 3.88. The van der Waals surface area contributed by atoms with Gasteiger partial charge in [-0.15, -0.1) is 0 Å². The van der Waals surface area contributed by atoms with Crippen molar-refractivity contribution in [3.05, 3.63) is 0 Å². The molecule has 32 heavy (non-hydrogen) atoms. The summed E-state index contributed by atoms with van der Waals surface area (Å²) in [6.45, 7) is 2.81. The van der Waals surface area contributed by atoms with Crippen molar-refractivity contribution in [3.63, 3.8) is 0 Å². The standard InChI is InChI=1S/C23H22Br2N2O5/c24-20-9-5-7(9)18(13(15(18)20)11(5)22(20)29-1-2-30-22)26-17(28)27-19-8-6-10(8)21(25)16(19)14(19)12(6)23(21)31-3-4-32-23/h5-16H,1-4H2,(H2,26,27,28)/t5-,6-,7-,8-,9-,10+,11+,12-,13-,14+,15-,16-,18+,19-,20+,21+/m1/s1. The third-order valence-corrected chi connectivity index (χ3v) is 16.6. The van der Waals surface area contributed by atoms with Crippen molar-refractivity contribution in [2.45, 2.75) is 31.3 Å². The number of carbonyl (C=O) groups excluding carboxylic acids is 1. The number of ether oxygens (including phenoxy) is 4. The Labute approximate surface area is 200 Å². The van der Waals surface area contributed by atoms with Crippen LogP contribution in [0.15, 0.2) is 0 Å². The molecule has 2 spiro atoms. The first kappa shape index (κ1) is 16.7. The minimum Gasteiger partial charge on any atom is -0.346 e. The van der Waals surface area contributed by atoms with Crippen molar-refractivity contribution < 1.29 is 23.7 Å². The predicted octanol–water partition coefficient (Wildman–Crippen LogP) is 1.05. The van der Waals surface area contributed by atoms with Gasteiger partial charge in [0.2, 0.25) is 0 Å². The van der Waals surface area contributed by atoms with Gasteiger partial charge in [-0.25, -0.2) is 4.79 Å². The first-order chi connectivity index (χ1) is 15.5. The van der Waals surface area contributed by atoms with Gasteiger partial charge in [-0.2, -0.15) is 0 Å². The van der Waals surface area contributed by atoms with Crippen LogP contribution in [0.5, 0.6) is 0 Å². The van der Waals surface area contributed by atoms with E-state index in [1.807, 2.05) is 0 Å². The van der Waals surface area contributed by atoms with Gasteiger partial charge in [0.15, 0.2) is 11.6 Å². The third kappa shape index (κ3) is 1.02. The van der Waals surface area contributed by atoms with E-state index in [1.165, 1.54) is 0 Å². The quantitative estimate of drug-likeness (QED) is 0.489. The molecule has 0 unspecified atom stereocenters. The summed E-state index contributed by atoms with van der Waals surface area (Å²) in [5.74, 6) is 5.80. The zero-order valence-electron chi connectivity index (χ0n) is 17.1. The topological polar surface area (TPSA) is 78.1 Å². The smallest absolute Gasteiger partial charge is 0.315 e. The molecule has 0 aromatic heterocycles. The van der Waals surface area contributed by atoms with Crippen LogP contribution in [-0.4, -0.2) is 63.8 Å². The lowest BCUT2D eigenvalue weighted by Gasteiger charge is -2.38. The van der Waals surface area contributed by atoms with Crippen molar-refractivity contribution in [2.75, 3.05) is 26.4 Å². The van der Waals surface area contributed by atoms with Crippen LogP contribution in [0.25, 0.3) is 0 Å². The summed E-state index contributed by atoms with van der Waals surface area (Å²) in [5, 5.41) is 7.19. The predicted molar refractivity (Wildman–Crippen MR) is 112 cm³/mol. The largest absolute Gasteiger partial charge is 0.346 e. The SMILES string of the molecule is O=C(N[C@@]12[C@@H]3[C@H]4[C@H]5[C@@H]1[C@H]2[C@@](Br)([C@H]43)C51OCCO1)N[C@]12[C@@H]3[C@H]4[C@@H]5[C@H]1[C@H]2[C@@](Br)([C@@H]43)C51OCCO1. The van der Waals surface area contributed by atoms with Gasteiger partial charge in [-0.1, -0.05) is 31.9 Å². The molecule has 0 radical (unpaired) electrons. The monoisotopic (exact) mass is 564 g/mol. The molecule has 16 atom stereocenters. The molecule has 9 heteroatoms. The normalized spacial score (nSPS) is 77.8. The maximum absolute atomic E-state index is 13.6. The van der Waals surface area contributed by atoms with E-state index in [0.29, 0.717) is 97.4 Å². The number of alkyl halides is 2. The minimum absolute atomic E-state index is 0.0203. The van der Waals surface area contributed by atoms with E-state index in [2.05, 4.69) is 42.5 Å². The molecule has 168 valence electrons. The van der Waals surface area contributed by atoms with Gasteiger partial charge in [0.05, 0.1) is 46.2 Å². The molecular weight excluding hydrogens is 544 g/mol. The van der Waals surface area contributed by atoms with E-state index in [1.54, 1.807) is 0 Å². The highest BCUT2D eigenvalue weighted by Crippen LogP contribution is 3.03. The van der Waals surface area contributed by atoms with Gasteiger partial charge in [-0.3, -0.25) is 0 Å². The molecule has 12 saturated carbocycles. The van der Waals surface area contributed by atoms with E-state index in [0.717, 1.165) is 0 Å². The Morgan fingerprint density at radius 3 is 1.34 bits per heavy atom. The molecule has 2 saturated heterocycles. The van der Waals surface area contributed by atoms with Crippen molar-refractivity contribution >= 4 is 37.9 Å². The summed E-state index contributed by atoms with van der Waals surface area (Å²) < 4.78 is 24.9. The molecule has 14 aliphatic rings. The van der Waals surface area contributed by atoms with Crippen LogP contribution < -0.4 is 10.6 Å². The Morgan fingerprint density at radius 1 is 0.625 bits per heavy atom. The van der Waals surface area contributed by atoms with Crippen LogP contribution in [0.3, 0.4) is 0 Å². The number of hydrogen-bond donors (Lipinski definition) is 2. The lowest BCUT2D eigenvalue weighted by molar-refractivity contribution is -0.191. The number of carbonyl (C=O) groups is 1. The lowest BCUT2D eigenvalue weighted by Crippen LogP contribution is -2.56. The number of urea groups is 1. The van der Waals surface area contributed by atoms with E-state index < -0.39 is 11.6 Å². The molecule has 2 N–H and O–H groups in total. The van der Waals surface area contributed by atoms with Crippen LogP contribution in [-0.2, 0) is 18.9 Å². The van der Waals surface area contributed by atoms with Crippen LogP contribution in [0, 0.1) is 71.0 Å². The second-order valence-electron chi connectivity index (χ2n) is 13.0.